The van der Waals surface area contributed by atoms with Crippen LogP contribution >= 0.6 is 0 Å². The fraction of sp³-hybridized carbons (Fsp3) is 0.750. The molecule has 1 unspecified atom stereocenters. The molecule has 2 N–H and O–H groups in total. The summed E-state index contributed by atoms with van der Waals surface area (Å²) < 4.78 is 0. The number of amides is 1. The topological polar surface area (TPSA) is 41.1 Å². The predicted octanol–water partition coefficient (Wildman–Crippen LogP) is 1.21. The van der Waals surface area contributed by atoms with Crippen LogP contribution in [0.5, 0.6) is 0 Å². The van der Waals surface area contributed by atoms with Gasteiger partial charge in [0.25, 0.3) is 0 Å². The van der Waals surface area contributed by atoms with Crippen molar-refractivity contribution >= 4 is 5.91 Å². The number of rotatable bonds is 3. The molecule has 0 radical (unpaired) electrons. The van der Waals surface area contributed by atoms with Gasteiger partial charge in [-0.1, -0.05) is 12.2 Å². The van der Waals surface area contributed by atoms with Gasteiger partial charge in [0.1, 0.15) is 0 Å². The molecule has 1 fully saturated rings. The average molecular weight is 208 g/mol. The van der Waals surface area contributed by atoms with Crippen LogP contribution in [0.3, 0.4) is 0 Å². The fourth-order valence-electron chi connectivity index (χ4n) is 2.38. The van der Waals surface area contributed by atoms with Gasteiger partial charge in [-0.15, -0.1) is 0 Å². The van der Waals surface area contributed by atoms with Crippen molar-refractivity contribution in [2.45, 2.75) is 38.1 Å². The summed E-state index contributed by atoms with van der Waals surface area (Å²) in [5.74, 6) is 0.783. The molecule has 84 valence electrons. The second-order valence-corrected chi connectivity index (χ2v) is 4.62. The maximum atomic E-state index is 11.7. The van der Waals surface area contributed by atoms with E-state index in [2.05, 4.69) is 22.8 Å². The van der Waals surface area contributed by atoms with Crippen LogP contribution in [-0.2, 0) is 4.79 Å². The zero-order valence-electron chi connectivity index (χ0n) is 9.17. The highest BCUT2D eigenvalue weighted by Gasteiger charge is 2.19. The molecule has 0 bridgehead atoms. The number of nitrogens with one attached hydrogen (secondary N) is 2. The summed E-state index contributed by atoms with van der Waals surface area (Å²) in [5, 5.41) is 6.44. The molecule has 2 rings (SSSR count). The van der Waals surface area contributed by atoms with E-state index in [-0.39, 0.29) is 5.91 Å². The van der Waals surface area contributed by atoms with Crippen LogP contribution < -0.4 is 10.6 Å². The smallest absolute Gasteiger partial charge is 0.220 e. The minimum Gasteiger partial charge on any atom is -0.353 e. The second-order valence-electron chi connectivity index (χ2n) is 4.62. The highest BCUT2D eigenvalue weighted by molar-refractivity contribution is 5.76. The molecule has 1 aliphatic heterocycles. The van der Waals surface area contributed by atoms with Crippen molar-refractivity contribution in [1.29, 1.82) is 0 Å². The SMILES string of the molecule is O=C(CC1CCCNC1)NC1CC=CC1. The van der Waals surface area contributed by atoms with Gasteiger partial charge < -0.3 is 10.6 Å². The molecule has 0 saturated carbocycles. The molecule has 0 aromatic heterocycles. The number of hydrogen-bond donors (Lipinski definition) is 2. The monoisotopic (exact) mass is 208 g/mol. The minimum absolute atomic E-state index is 0.234. The van der Waals surface area contributed by atoms with Crippen LogP contribution in [-0.4, -0.2) is 25.0 Å². The summed E-state index contributed by atoms with van der Waals surface area (Å²) in [4.78, 5) is 11.7. The second kappa shape index (κ2) is 5.31. The molecule has 15 heavy (non-hydrogen) atoms. The highest BCUT2D eigenvalue weighted by atomic mass is 16.1. The van der Waals surface area contributed by atoms with Gasteiger partial charge in [-0.2, -0.15) is 0 Å². The average Bonchev–Trinajstić information content (AvgIpc) is 2.71. The predicted molar refractivity (Wildman–Crippen MR) is 60.5 cm³/mol. The van der Waals surface area contributed by atoms with Crippen molar-refractivity contribution in [3.8, 4) is 0 Å². The maximum absolute atomic E-state index is 11.7. The van der Waals surface area contributed by atoms with E-state index in [1.165, 1.54) is 12.8 Å². The highest BCUT2D eigenvalue weighted by Crippen LogP contribution is 2.15. The molecule has 0 aromatic rings. The van der Waals surface area contributed by atoms with Crippen LogP contribution in [0, 0.1) is 5.92 Å². The first-order valence-electron chi connectivity index (χ1n) is 5.99. The molecular weight excluding hydrogens is 188 g/mol. The third-order valence-corrected chi connectivity index (χ3v) is 3.25. The van der Waals surface area contributed by atoms with E-state index in [0.29, 0.717) is 18.4 Å². The van der Waals surface area contributed by atoms with Crippen molar-refractivity contribution in [2.75, 3.05) is 13.1 Å². The van der Waals surface area contributed by atoms with Crippen molar-refractivity contribution in [2.24, 2.45) is 5.92 Å². The lowest BCUT2D eigenvalue weighted by atomic mass is 9.96. The Labute approximate surface area is 91.3 Å². The molecule has 1 atom stereocenters. The molecule has 1 aliphatic carbocycles. The molecule has 2 aliphatic rings. The van der Waals surface area contributed by atoms with E-state index in [9.17, 15) is 4.79 Å². The van der Waals surface area contributed by atoms with Crippen LogP contribution in [0.4, 0.5) is 0 Å². The Bertz CT molecular complexity index is 236. The standard InChI is InChI=1S/C12H20N2O/c15-12(14-11-5-1-2-6-11)8-10-4-3-7-13-9-10/h1-2,10-11,13H,3-9H2,(H,14,15). The zero-order chi connectivity index (χ0) is 10.5. The Balaban J connectivity index is 1.67. The third kappa shape index (κ3) is 3.34. The molecule has 3 nitrogen and oxygen atoms in total. The molecule has 1 amide bonds. The summed E-state index contributed by atoms with van der Waals surface area (Å²) in [6.07, 6.45) is 9.42. The van der Waals surface area contributed by atoms with Gasteiger partial charge in [0.15, 0.2) is 0 Å². The van der Waals surface area contributed by atoms with Gasteiger partial charge >= 0.3 is 0 Å². The molecule has 0 spiro atoms. The Morgan fingerprint density at radius 3 is 2.87 bits per heavy atom. The van der Waals surface area contributed by atoms with Crippen molar-refractivity contribution in [3.05, 3.63) is 12.2 Å². The van der Waals surface area contributed by atoms with Gasteiger partial charge in [0, 0.05) is 12.5 Å². The first-order valence-corrected chi connectivity index (χ1v) is 5.99. The van der Waals surface area contributed by atoms with Crippen molar-refractivity contribution in [1.82, 2.24) is 10.6 Å². The maximum Gasteiger partial charge on any atom is 0.220 e. The summed E-state index contributed by atoms with van der Waals surface area (Å²) in [6.45, 7) is 2.13. The van der Waals surface area contributed by atoms with Gasteiger partial charge in [0.2, 0.25) is 5.91 Å². The van der Waals surface area contributed by atoms with E-state index >= 15 is 0 Å². The van der Waals surface area contributed by atoms with Crippen LogP contribution in [0.25, 0.3) is 0 Å². The Hall–Kier alpha value is -0.830. The third-order valence-electron chi connectivity index (χ3n) is 3.25. The minimum atomic E-state index is 0.234. The van der Waals surface area contributed by atoms with E-state index in [1.54, 1.807) is 0 Å². The van der Waals surface area contributed by atoms with E-state index in [1.807, 2.05) is 0 Å². The normalized spacial score (nSPS) is 26.8. The Morgan fingerprint density at radius 1 is 1.40 bits per heavy atom. The molecule has 0 aromatic carbocycles. The summed E-state index contributed by atoms with van der Waals surface area (Å²) >= 11 is 0. The zero-order valence-corrected chi connectivity index (χ0v) is 9.17. The summed E-state index contributed by atoms with van der Waals surface area (Å²) in [5.41, 5.74) is 0. The van der Waals surface area contributed by atoms with Crippen LogP contribution in [0.1, 0.15) is 32.1 Å². The Morgan fingerprint density at radius 2 is 2.20 bits per heavy atom. The van der Waals surface area contributed by atoms with Crippen molar-refractivity contribution in [3.63, 3.8) is 0 Å². The van der Waals surface area contributed by atoms with E-state index in [4.69, 9.17) is 0 Å². The molecule has 1 heterocycles. The number of piperidine rings is 1. The largest absolute Gasteiger partial charge is 0.353 e. The lowest BCUT2D eigenvalue weighted by molar-refractivity contribution is -0.122. The quantitative estimate of drug-likeness (QED) is 0.684. The van der Waals surface area contributed by atoms with Crippen LogP contribution in [0.2, 0.25) is 0 Å². The van der Waals surface area contributed by atoms with Gasteiger partial charge in [-0.25, -0.2) is 0 Å². The van der Waals surface area contributed by atoms with Gasteiger partial charge in [-0.05, 0) is 44.7 Å². The fourth-order valence-corrected chi connectivity index (χ4v) is 2.38. The summed E-state index contributed by atoms with van der Waals surface area (Å²) in [7, 11) is 0. The molecule has 1 saturated heterocycles. The first kappa shape index (κ1) is 10.7. The van der Waals surface area contributed by atoms with Crippen molar-refractivity contribution < 1.29 is 4.79 Å². The van der Waals surface area contributed by atoms with Crippen LogP contribution in [0.15, 0.2) is 12.2 Å². The van der Waals surface area contributed by atoms with Gasteiger partial charge in [0.05, 0.1) is 0 Å². The number of carbonyl (C=O) groups is 1. The number of hydrogen-bond acceptors (Lipinski definition) is 2. The Kier molecular flexibility index (Phi) is 3.78. The van der Waals surface area contributed by atoms with E-state index < -0.39 is 0 Å². The lowest BCUT2D eigenvalue weighted by Crippen LogP contribution is -2.37. The first-order chi connectivity index (χ1) is 7.34. The van der Waals surface area contributed by atoms with E-state index in [0.717, 1.165) is 25.9 Å². The molecule has 3 heteroatoms. The van der Waals surface area contributed by atoms with Gasteiger partial charge in [-0.3, -0.25) is 4.79 Å². The number of carbonyl (C=O) groups excluding carboxylic acids is 1. The molecular formula is C12H20N2O. The lowest BCUT2D eigenvalue weighted by Gasteiger charge is -2.23. The summed E-state index contributed by atoms with van der Waals surface area (Å²) in [6, 6.07) is 0.369.